The highest BCUT2D eigenvalue weighted by atomic mass is 35.5. The quantitative estimate of drug-likeness (QED) is 0.347. The lowest BCUT2D eigenvalue weighted by molar-refractivity contribution is -0.111. The van der Waals surface area contributed by atoms with Crippen LogP contribution in [0.5, 0.6) is 0 Å². The van der Waals surface area contributed by atoms with Gasteiger partial charge in [-0.15, -0.1) is 0 Å². The number of halogens is 1. The summed E-state index contributed by atoms with van der Waals surface area (Å²) in [5.74, 6) is 0. The van der Waals surface area contributed by atoms with E-state index in [0.29, 0.717) is 19.4 Å². The molecular weight excluding hydrogens is 152 g/mol. The molecule has 0 aliphatic rings. The standard InChI is InChI=1S/C5H11BClNO2/c1-6(10)8-4-2-3-5(7)9/h8,10H,2-4H2,1H3. The van der Waals surface area contributed by atoms with Gasteiger partial charge in [0.2, 0.25) is 5.24 Å². The van der Waals surface area contributed by atoms with Gasteiger partial charge in [0.25, 0.3) is 0 Å². The molecule has 2 N–H and O–H groups in total. The lowest BCUT2D eigenvalue weighted by Crippen LogP contribution is -2.31. The average Bonchev–Trinajstić information content (AvgIpc) is 1.79. The molecule has 0 fully saturated rings. The lowest BCUT2D eigenvalue weighted by atomic mass is 9.89. The first kappa shape index (κ1) is 9.94. The molecule has 0 bridgehead atoms. The Morgan fingerprint density at radius 3 is 2.80 bits per heavy atom. The molecule has 0 amide bonds. The van der Waals surface area contributed by atoms with Gasteiger partial charge in [-0.25, -0.2) is 0 Å². The van der Waals surface area contributed by atoms with Gasteiger partial charge in [-0.3, -0.25) is 4.79 Å². The van der Waals surface area contributed by atoms with Gasteiger partial charge in [-0.05, 0) is 31.4 Å². The average molecular weight is 163 g/mol. The Labute approximate surface area is 65.9 Å². The first-order chi connectivity index (χ1) is 4.63. The van der Waals surface area contributed by atoms with Crippen LogP contribution < -0.4 is 5.23 Å². The van der Waals surface area contributed by atoms with E-state index in [1.807, 2.05) is 0 Å². The second kappa shape index (κ2) is 5.71. The molecule has 58 valence electrons. The van der Waals surface area contributed by atoms with Gasteiger partial charge in [0, 0.05) is 6.42 Å². The number of carbonyl (C=O) groups excluding carboxylic acids is 1. The number of hydrogen-bond donors (Lipinski definition) is 2. The molecule has 0 rings (SSSR count). The third-order valence-electron chi connectivity index (χ3n) is 0.990. The van der Waals surface area contributed by atoms with Crippen LogP contribution in [0.1, 0.15) is 12.8 Å². The number of nitrogens with one attached hydrogen (secondary N) is 1. The summed E-state index contributed by atoms with van der Waals surface area (Å²) in [7, 11) is -0.509. The van der Waals surface area contributed by atoms with Crippen molar-refractivity contribution in [1.82, 2.24) is 5.23 Å². The summed E-state index contributed by atoms with van der Waals surface area (Å²) >= 11 is 5.06. The van der Waals surface area contributed by atoms with Crippen LogP contribution in [0, 0.1) is 0 Å². The molecule has 10 heavy (non-hydrogen) atoms. The Morgan fingerprint density at radius 1 is 1.80 bits per heavy atom. The van der Waals surface area contributed by atoms with Crippen molar-refractivity contribution in [2.24, 2.45) is 0 Å². The van der Waals surface area contributed by atoms with Gasteiger partial charge in [0.15, 0.2) is 0 Å². The molecule has 0 saturated carbocycles. The summed E-state index contributed by atoms with van der Waals surface area (Å²) in [6.45, 7) is 2.25. The van der Waals surface area contributed by atoms with Crippen LogP contribution in [0.2, 0.25) is 6.82 Å². The summed E-state index contributed by atoms with van der Waals surface area (Å²) in [6, 6.07) is 0. The highest BCUT2D eigenvalue weighted by molar-refractivity contribution is 6.63. The fourth-order valence-corrected chi connectivity index (χ4v) is 0.672. The zero-order valence-corrected chi connectivity index (χ0v) is 6.69. The van der Waals surface area contributed by atoms with Crippen molar-refractivity contribution in [3.05, 3.63) is 0 Å². The molecule has 0 aliphatic heterocycles. The molecular formula is C5H11BClNO2. The first-order valence-corrected chi connectivity index (χ1v) is 3.60. The van der Waals surface area contributed by atoms with Gasteiger partial charge in [-0.1, -0.05) is 0 Å². The van der Waals surface area contributed by atoms with Gasteiger partial charge in [0.1, 0.15) is 0 Å². The SMILES string of the molecule is CB(O)NCCCC(=O)Cl. The predicted octanol–water partition coefficient (Wildman–Crippen LogP) is 0.232. The molecule has 0 aliphatic carbocycles. The first-order valence-electron chi connectivity index (χ1n) is 3.22. The second-order valence-electron chi connectivity index (χ2n) is 2.09. The molecule has 5 heteroatoms. The van der Waals surface area contributed by atoms with Crippen molar-refractivity contribution in [2.45, 2.75) is 19.7 Å². The smallest absolute Gasteiger partial charge is 0.373 e. The highest BCUT2D eigenvalue weighted by Crippen LogP contribution is 1.92. The minimum Gasteiger partial charge on any atom is -0.437 e. The van der Waals surface area contributed by atoms with E-state index in [0.717, 1.165) is 0 Å². The van der Waals surface area contributed by atoms with E-state index in [1.54, 1.807) is 6.82 Å². The molecule has 0 unspecified atom stereocenters. The molecule has 0 spiro atoms. The van der Waals surface area contributed by atoms with E-state index >= 15 is 0 Å². The predicted molar refractivity (Wildman–Crippen MR) is 41.9 cm³/mol. The molecule has 0 aromatic rings. The Balaban J connectivity index is 2.98. The molecule has 0 radical (unpaired) electrons. The Kier molecular flexibility index (Phi) is 5.68. The van der Waals surface area contributed by atoms with Crippen LogP contribution in [-0.2, 0) is 4.79 Å². The van der Waals surface area contributed by atoms with Crippen LogP contribution in [0.3, 0.4) is 0 Å². The number of carbonyl (C=O) groups is 1. The fraction of sp³-hybridized carbons (Fsp3) is 0.800. The molecule has 0 saturated heterocycles. The zero-order valence-electron chi connectivity index (χ0n) is 5.93. The van der Waals surface area contributed by atoms with E-state index in [1.165, 1.54) is 0 Å². The maximum absolute atomic E-state index is 10.2. The van der Waals surface area contributed by atoms with Crippen LogP contribution in [-0.4, -0.2) is 23.9 Å². The summed E-state index contributed by atoms with van der Waals surface area (Å²) in [6.07, 6.45) is 1.04. The van der Waals surface area contributed by atoms with E-state index < -0.39 is 7.05 Å². The van der Waals surface area contributed by atoms with Gasteiger partial charge >= 0.3 is 7.05 Å². The zero-order chi connectivity index (χ0) is 7.98. The molecule has 3 nitrogen and oxygen atoms in total. The van der Waals surface area contributed by atoms with Crippen molar-refractivity contribution in [3.8, 4) is 0 Å². The third kappa shape index (κ3) is 7.94. The minimum atomic E-state index is -0.509. The molecule has 0 aromatic heterocycles. The van der Waals surface area contributed by atoms with Crippen molar-refractivity contribution >= 4 is 23.9 Å². The topological polar surface area (TPSA) is 49.3 Å². The Bertz CT molecular complexity index is 110. The molecule has 0 atom stereocenters. The van der Waals surface area contributed by atoms with E-state index in [2.05, 4.69) is 5.23 Å². The third-order valence-corrected chi connectivity index (χ3v) is 1.18. The van der Waals surface area contributed by atoms with Crippen LogP contribution in [0.4, 0.5) is 0 Å². The Morgan fingerprint density at radius 2 is 2.40 bits per heavy atom. The summed E-state index contributed by atoms with van der Waals surface area (Å²) < 4.78 is 0. The summed E-state index contributed by atoms with van der Waals surface area (Å²) in [5, 5.41) is 11.1. The van der Waals surface area contributed by atoms with Gasteiger partial charge in [-0.2, -0.15) is 0 Å². The van der Waals surface area contributed by atoms with Crippen LogP contribution in [0.25, 0.3) is 0 Å². The molecule has 0 heterocycles. The molecule has 0 aromatic carbocycles. The van der Waals surface area contributed by atoms with E-state index in [-0.39, 0.29) is 5.24 Å². The van der Waals surface area contributed by atoms with Crippen LogP contribution >= 0.6 is 11.6 Å². The maximum Gasteiger partial charge on any atom is 0.373 e. The van der Waals surface area contributed by atoms with Crippen molar-refractivity contribution < 1.29 is 9.82 Å². The van der Waals surface area contributed by atoms with E-state index in [4.69, 9.17) is 16.6 Å². The minimum absolute atomic E-state index is 0.326. The fourth-order valence-electron chi connectivity index (χ4n) is 0.538. The normalized spacial score (nSPS) is 9.50. The van der Waals surface area contributed by atoms with Crippen LogP contribution in [0.15, 0.2) is 0 Å². The highest BCUT2D eigenvalue weighted by Gasteiger charge is 2.00. The van der Waals surface area contributed by atoms with Crippen molar-refractivity contribution in [1.29, 1.82) is 0 Å². The number of rotatable bonds is 5. The largest absolute Gasteiger partial charge is 0.437 e. The lowest BCUT2D eigenvalue weighted by Gasteiger charge is -2.00. The number of hydrogen-bond acceptors (Lipinski definition) is 3. The summed E-state index contributed by atoms with van der Waals surface area (Å²) in [5.41, 5.74) is 0. The van der Waals surface area contributed by atoms with Gasteiger partial charge in [0.05, 0.1) is 0 Å². The van der Waals surface area contributed by atoms with Gasteiger partial charge < -0.3 is 10.3 Å². The monoisotopic (exact) mass is 163 g/mol. The van der Waals surface area contributed by atoms with Crippen molar-refractivity contribution in [2.75, 3.05) is 6.54 Å². The maximum atomic E-state index is 10.2. The summed E-state index contributed by atoms with van der Waals surface area (Å²) in [4.78, 5) is 10.2. The second-order valence-corrected chi connectivity index (χ2v) is 2.51. The van der Waals surface area contributed by atoms with E-state index in [9.17, 15) is 4.79 Å². The van der Waals surface area contributed by atoms with Crippen molar-refractivity contribution in [3.63, 3.8) is 0 Å². The Hall–Kier alpha value is -0.0551.